The summed E-state index contributed by atoms with van der Waals surface area (Å²) in [6.07, 6.45) is 5.19. The van der Waals surface area contributed by atoms with Crippen LogP contribution in [0.2, 0.25) is 0 Å². The van der Waals surface area contributed by atoms with Crippen LogP contribution in [0.15, 0.2) is 27.0 Å². The number of benzene rings is 1. The molecule has 1 nitrogen and oxygen atoms in total. The lowest BCUT2D eigenvalue weighted by Gasteiger charge is -1.87. The number of nitrogens with zero attached hydrogens (tertiary/aromatic N) is 1. The number of fused-ring (bicyclic) bond motifs is 1. The Balaban J connectivity index is 2.37. The summed E-state index contributed by atoms with van der Waals surface area (Å²) in [5.74, 6) is 3.27. The minimum absolute atomic E-state index is 0.682. The average Bonchev–Trinajstić information content (AvgIpc) is 2.56. The van der Waals surface area contributed by atoms with E-state index in [0.717, 1.165) is 14.3 Å². The van der Waals surface area contributed by atoms with Crippen LogP contribution < -0.4 is 0 Å². The van der Waals surface area contributed by atoms with Crippen molar-refractivity contribution in [2.75, 3.05) is 5.75 Å². The number of aromatic nitrogens is 1. The maximum Gasteiger partial charge on any atom is 0.152 e. The molecule has 1 heterocycles. The summed E-state index contributed by atoms with van der Waals surface area (Å²) in [7, 11) is 0. The van der Waals surface area contributed by atoms with E-state index in [0.29, 0.717) is 5.75 Å². The van der Waals surface area contributed by atoms with Crippen molar-refractivity contribution in [1.82, 2.24) is 4.98 Å². The highest BCUT2D eigenvalue weighted by atomic mass is 79.9. The molecule has 0 atom stereocenters. The molecule has 14 heavy (non-hydrogen) atoms. The Morgan fingerprint density at radius 3 is 3.21 bits per heavy atom. The molecule has 2 aromatic rings. The number of terminal acetylenes is 1. The molecule has 0 saturated carbocycles. The first-order valence-corrected chi connectivity index (χ1v) is 6.51. The lowest BCUT2D eigenvalue weighted by atomic mass is 10.3. The third-order valence-corrected chi connectivity index (χ3v) is 4.19. The molecule has 0 radical (unpaired) electrons. The highest BCUT2D eigenvalue weighted by Gasteiger charge is 2.03. The van der Waals surface area contributed by atoms with E-state index in [2.05, 4.69) is 32.9 Å². The largest absolute Gasteiger partial charge is 0.230 e. The molecule has 70 valence electrons. The van der Waals surface area contributed by atoms with Crippen LogP contribution in [0.4, 0.5) is 0 Å². The standard InChI is InChI=1S/C10H6BrNS2/c1-2-5-13-10-12-8-6-7(11)3-4-9(8)14-10/h1,3-4,6H,5H2. The molecule has 1 aromatic heterocycles. The van der Waals surface area contributed by atoms with Crippen molar-refractivity contribution >= 4 is 49.2 Å². The van der Waals surface area contributed by atoms with Crippen LogP contribution >= 0.6 is 39.0 Å². The fourth-order valence-electron chi connectivity index (χ4n) is 1.04. The maximum absolute atomic E-state index is 5.19. The first kappa shape index (κ1) is 10.0. The van der Waals surface area contributed by atoms with Gasteiger partial charge in [-0.05, 0) is 18.2 Å². The first-order chi connectivity index (χ1) is 6.79. The van der Waals surface area contributed by atoms with Gasteiger partial charge >= 0.3 is 0 Å². The summed E-state index contributed by atoms with van der Waals surface area (Å²) >= 11 is 6.71. The van der Waals surface area contributed by atoms with Crippen molar-refractivity contribution in [1.29, 1.82) is 0 Å². The fraction of sp³-hybridized carbons (Fsp3) is 0.100. The van der Waals surface area contributed by atoms with Gasteiger partial charge in [-0.3, -0.25) is 0 Å². The van der Waals surface area contributed by atoms with Crippen molar-refractivity contribution < 1.29 is 0 Å². The fourth-order valence-corrected chi connectivity index (χ4v) is 3.12. The molecule has 0 aliphatic rings. The zero-order chi connectivity index (χ0) is 9.97. The topological polar surface area (TPSA) is 12.9 Å². The minimum Gasteiger partial charge on any atom is -0.230 e. The lowest BCUT2D eigenvalue weighted by molar-refractivity contribution is 1.30. The van der Waals surface area contributed by atoms with Gasteiger partial charge in [0.05, 0.1) is 16.0 Å². The molecule has 0 amide bonds. The van der Waals surface area contributed by atoms with Gasteiger partial charge in [-0.1, -0.05) is 33.6 Å². The molecule has 2 rings (SSSR count). The van der Waals surface area contributed by atoms with Crippen LogP contribution in [0.5, 0.6) is 0 Å². The van der Waals surface area contributed by atoms with Crippen LogP contribution in [0.1, 0.15) is 0 Å². The van der Waals surface area contributed by atoms with Gasteiger partial charge < -0.3 is 0 Å². The Labute approximate surface area is 99.1 Å². The summed E-state index contributed by atoms with van der Waals surface area (Å²) in [6, 6.07) is 6.11. The van der Waals surface area contributed by atoms with Crippen molar-refractivity contribution in [2.24, 2.45) is 0 Å². The van der Waals surface area contributed by atoms with E-state index in [1.165, 1.54) is 4.70 Å². The molecule has 0 N–H and O–H groups in total. The monoisotopic (exact) mass is 283 g/mol. The molecule has 1 aromatic carbocycles. The molecule has 0 unspecified atom stereocenters. The Hall–Kier alpha value is -0.500. The van der Waals surface area contributed by atoms with Crippen molar-refractivity contribution in [2.45, 2.75) is 4.34 Å². The number of rotatable bonds is 2. The van der Waals surface area contributed by atoms with E-state index in [1.54, 1.807) is 23.1 Å². The molecule has 0 aliphatic carbocycles. The molecular weight excluding hydrogens is 278 g/mol. The Morgan fingerprint density at radius 2 is 2.43 bits per heavy atom. The Bertz CT molecular complexity index is 498. The summed E-state index contributed by atoms with van der Waals surface area (Å²) in [5.41, 5.74) is 1.03. The molecule has 0 spiro atoms. The van der Waals surface area contributed by atoms with Crippen molar-refractivity contribution in [3.63, 3.8) is 0 Å². The summed E-state index contributed by atoms with van der Waals surface area (Å²) in [4.78, 5) is 4.47. The number of thioether (sulfide) groups is 1. The SMILES string of the molecule is C#CCSc1nc2cc(Br)ccc2s1. The Kier molecular flexibility index (Phi) is 3.12. The predicted molar refractivity (Wildman–Crippen MR) is 66.9 cm³/mol. The predicted octanol–water partition coefficient (Wildman–Crippen LogP) is 3.78. The minimum atomic E-state index is 0.682. The number of hydrogen-bond acceptors (Lipinski definition) is 3. The van der Waals surface area contributed by atoms with Crippen LogP contribution in [0.25, 0.3) is 10.2 Å². The van der Waals surface area contributed by atoms with Gasteiger partial charge in [-0.15, -0.1) is 17.8 Å². The smallest absolute Gasteiger partial charge is 0.152 e. The van der Waals surface area contributed by atoms with Gasteiger partial charge in [0.2, 0.25) is 0 Å². The van der Waals surface area contributed by atoms with Crippen LogP contribution in [0.3, 0.4) is 0 Å². The quantitative estimate of drug-likeness (QED) is 0.615. The molecule has 0 aliphatic heterocycles. The van der Waals surface area contributed by atoms with E-state index >= 15 is 0 Å². The molecule has 0 saturated heterocycles. The zero-order valence-electron chi connectivity index (χ0n) is 7.16. The highest BCUT2D eigenvalue weighted by Crippen LogP contribution is 2.30. The number of halogens is 1. The van der Waals surface area contributed by atoms with Crippen LogP contribution in [0, 0.1) is 12.3 Å². The van der Waals surface area contributed by atoms with E-state index < -0.39 is 0 Å². The average molecular weight is 284 g/mol. The van der Waals surface area contributed by atoms with Crippen molar-refractivity contribution in [3.05, 3.63) is 22.7 Å². The van der Waals surface area contributed by atoms with Crippen LogP contribution in [-0.4, -0.2) is 10.7 Å². The van der Waals surface area contributed by atoms with Gasteiger partial charge in [0.1, 0.15) is 0 Å². The van der Waals surface area contributed by atoms with E-state index in [9.17, 15) is 0 Å². The van der Waals surface area contributed by atoms with E-state index in [1.807, 2.05) is 12.1 Å². The number of hydrogen-bond donors (Lipinski definition) is 0. The van der Waals surface area contributed by atoms with Gasteiger partial charge in [0.25, 0.3) is 0 Å². The molecule has 0 bridgehead atoms. The second-order valence-corrected chi connectivity index (χ2v) is 5.75. The first-order valence-electron chi connectivity index (χ1n) is 3.92. The second kappa shape index (κ2) is 4.35. The van der Waals surface area contributed by atoms with E-state index in [4.69, 9.17) is 6.42 Å². The molecule has 4 heteroatoms. The van der Waals surface area contributed by atoms with Crippen LogP contribution in [-0.2, 0) is 0 Å². The lowest BCUT2D eigenvalue weighted by Crippen LogP contribution is -1.71. The summed E-state index contributed by atoms with van der Waals surface area (Å²) in [6.45, 7) is 0. The molecular formula is C10H6BrNS2. The number of thiazole rings is 1. The zero-order valence-corrected chi connectivity index (χ0v) is 10.4. The third-order valence-electron chi connectivity index (χ3n) is 1.61. The maximum atomic E-state index is 5.19. The third kappa shape index (κ3) is 2.11. The van der Waals surface area contributed by atoms with Gasteiger partial charge in [-0.25, -0.2) is 4.98 Å². The summed E-state index contributed by atoms with van der Waals surface area (Å²) in [5, 5.41) is 0. The summed E-state index contributed by atoms with van der Waals surface area (Å²) < 4.78 is 3.30. The van der Waals surface area contributed by atoms with Gasteiger partial charge in [-0.2, -0.15) is 0 Å². The highest BCUT2D eigenvalue weighted by molar-refractivity contribution is 9.10. The second-order valence-electron chi connectivity index (χ2n) is 2.58. The molecule has 0 fully saturated rings. The van der Waals surface area contributed by atoms with E-state index in [-0.39, 0.29) is 0 Å². The van der Waals surface area contributed by atoms with Gasteiger partial charge in [0, 0.05) is 4.47 Å². The van der Waals surface area contributed by atoms with Gasteiger partial charge in [0.15, 0.2) is 4.34 Å². The van der Waals surface area contributed by atoms with Crippen molar-refractivity contribution in [3.8, 4) is 12.3 Å². The Morgan fingerprint density at radius 1 is 1.57 bits per heavy atom. The normalized spacial score (nSPS) is 10.3.